The van der Waals surface area contributed by atoms with Crippen LogP contribution in [0, 0.1) is 16.7 Å². The van der Waals surface area contributed by atoms with E-state index >= 15 is 0 Å². The Hall–Kier alpha value is -0.690. The molecular formula is C16H22ClN. The molecule has 3 rings (SSSR count). The summed E-state index contributed by atoms with van der Waals surface area (Å²) in [7, 11) is 0. The predicted octanol–water partition coefficient (Wildman–Crippen LogP) is 4.97. The van der Waals surface area contributed by atoms with Crippen LogP contribution in [0.3, 0.4) is 0 Å². The summed E-state index contributed by atoms with van der Waals surface area (Å²) >= 11 is 6.08. The second-order valence-corrected chi connectivity index (χ2v) is 7.44. The molecule has 0 radical (unpaired) electrons. The van der Waals surface area contributed by atoms with Gasteiger partial charge in [-0.25, -0.2) is 0 Å². The minimum Gasteiger partial charge on any atom is -0.381 e. The van der Waals surface area contributed by atoms with Gasteiger partial charge in [0.15, 0.2) is 0 Å². The summed E-state index contributed by atoms with van der Waals surface area (Å²) in [6, 6.07) is 8.67. The summed E-state index contributed by atoms with van der Waals surface area (Å²) < 4.78 is 0. The molecule has 2 aliphatic carbocycles. The molecule has 1 nitrogen and oxygen atoms in total. The first kappa shape index (κ1) is 12.3. The van der Waals surface area contributed by atoms with Crippen molar-refractivity contribution >= 4 is 17.3 Å². The second-order valence-electron chi connectivity index (χ2n) is 7.00. The van der Waals surface area contributed by atoms with E-state index in [1.54, 1.807) is 0 Å². The lowest BCUT2D eigenvalue weighted by atomic mass is 9.68. The number of nitrogens with one attached hydrogen (secondary N) is 1. The van der Waals surface area contributed by atoms with Crippen LogP contribution in [0.4, 0.5) is 5.69 Å². The average molecular weight is 264 g/mol. The van der Waals surface area contributed by atoms with Crippen molar-refractivity contribution in [3.05, 3.63) is 29.3 Å². The Morgan fingerprint density at radius 1 is 1.28 bits per heavy atom. The third-order valence-electron chi connectivity index (χ3n) is 5.41. The number of fused-ring (bicyclic) bond motifs is 2. The molecule has 2 bridgehead atoms. The molecule has 0 saturated heterocycles. The van der Waals surface area contributed by atoms with Gasteiger partial charge in [0, 0.05) is 16.8 Å². The Morgan fingerprint density at radius 3 is 2.67 bits per heavy atom. The first-order valence-corrected chi connectivity index (χ1v) is 7.32. The van der Waals surface area contributed by atoms with Crippen molar-refractivity contribution in [3.8, 4) is 0 Å². The minimum atomic E-state index is 0.384. The van der Waals surface area contributed by atoms with E-state index in [0.29, 0.717) is 16.9 Å². The predicted molar refractivity (Wildman–Crippen MR) is 78.1 cm³/mol. The minimum absolute atomic E-state index is 0.384. The number of anilines is 1. The number of halogens is 1. The molecule has 1 aromatic carbocycles. The molecule has 0 aliphatic heterocycles. The average Bonchev–Trinajstić information content (AvgIpc) is 2.76. The van der Waals surface area contributed by atoms with Crippen LogP contribution in [0.5, 0.6) is 0 Å². The fourth-order valence-electron chi connectivity index (χ4n) is 4.41. The lowest BCUT2D eigenvalue weighted by molar-refractivity contribution is 0.155. The molecule has 18 heavy (non-hydrogen) atoms. The monoisotopic (exact) mass is 263 g/mol. The number of hydrogen-bond acceptors (Lipinski definition) is 1. The molecule has 98 valence electrons. The number of hydrogen-bond donors (Lipinski definition) is 1. The Morgan fingerprint density at radius 2 is 2.06 bits per heavy atom. The Labute approximate surface area is 115 Å². The topological polar surface area (TPSA) is 12.0 Å². The van der Waals surface area contributed by atoms with Crippen LogP contribution in [0.15, 0.2) is 24.3 Å². The van der Waals surface area contributed by atoms with Gasteiger partial charge in [-0.2, -0.15) is 0 Å². The van der Waals surface area contributed by atoms with E-state index in [0.717, 1.165) is 16.6 Å². The van der Waals surface area contributed by atoms with Crippen LogP contribution < -0.4 is 5.32 Å². The third-order valence-corrected chi connectivity index (χ3v) is 5.64. The van der Waals surface area contributed by atoms with Gasteiger partial charge in [0.25, 0.3) is 0 Å². The fraction of sp³-hybridized carbons (Fsp3) is 0.625. The van der Waals surface area contributed by atoms with Crippen molar-refractivity contribution in [1.29, 1.82) is 0 Å². The van der Waals surface area contributed by atoms with Crippen LogP contribution in [0.25, 0.3) is 0 Å². The van der Waals surface area contributed by atoms with Crippen molar-refractivity contribution < 1.29 is 0 Å². The Bertz CT molecular complexity index is 463. The number of benzene rings is 1. The van der Waals surface area contributed by atoms with E-state index in [-0.39, 0.29) is 0 Å². The first-order chi connectivity index (χ1) is 8.42. The first-order valence-electron chi connectivity index (χ1n) is 6.94. The zero-order valence-corrected chi connectivity index (χ0v) is 12.2. The van der Waals surface area contributed by atoms with E-state index in [1.807, 2.05) is 18.2 Å². The summed E-state index contributed by atoms with van der Waals surface area (Å²) in [5.74, 6) is 0.874. The van der Waals surface area contributed by atoms with E-state index in [9.17, 15) is 0 Å². The van der Waals surface area contributed by atoms with Gasteiger partial charge in [-0.05, 0) is 54.2 Å². The Kier molecular flexibility index (Phi) is 2.68. The zero-order valence-electron chi connectivity index (χ0n) is 11.5. The van der Waals surface area contributed by atoms with Crippen molar-refractivity contribution in [2.45, 2.75) is 46.1 Å². The van der Waals surface area contributed by atoms with Crippen molar-refractivity contribution in [2.75, 3.05) is 5.32 Å². The summed E-state index contributed by atoms with van der Waals surface area (Å²) in [6.45, 7) is 7.29. The van der Waals surface area contributed by atoms with Crippen LogP contribution in [-0.4, -0.2) is 6.04 Å². The second kappa shape index (κ2) is 3.90. The molecule has 2 heteroatoms. The standard InChI is InChI=1S/C16H22ClN/c1-15(2)11-7-8-16(3,10-11)14(15)18-13-6-4-5-12(17)9-13/h4-6,9,11,14,18H,7-8,10H2,1-3H3. The maximum Gasteiger partial charge on any atom is 0.0426 e. The molecule has 3 unspecified atom stereocenters. The van der Waals surface area contributed by atoms with E-state index in [4.69, 9.17) is 11.6 Å². The molecule has 2 aliphatic rings. The molecule has 0 amide bonds. The fourth-order valence-corrected chi connectivity index (χ4v) is 4.60. The molecule has 1 aromatic rings. The quantitative estimate of drug-likeness (QED) is 0.795. The highest BCUT2D eigenvalue weighted by atomic mass is 35.5. The summed E-state index contributed by atoms with van der Waals surface area (Å²) in [6.07, 6.45) is 4.13. The van der Waals surface area contributed by atoms with Gasteiger partial charge in [0.05, 0.1) is 0 Å². The summed E-state index contributed by atoms with van der Waals surface area (Å²) in [4.78, 5) is 0. The zero-order chi connectivity index (χ0) is 13.0. The van der Waals surface area contributed by atoms with Gasteiger partial charge >= 0.3 is 0 Å². The van der Waals surface area contributed by atoms with Gasteiger partial charge in [-0.15, -0.1) is 0 Å². The van der Waals surface area contributed by atoms with Crippen LogP contribution >= 0.6 is 11.6 Å². The van der Waals surface area contributed by atoms with E-state index in [1.165, 1.54) is 19.3 Å². The molecule has 1 N–H and O–H groups in total. The smallest absolute Gasteiger partial charge is 0.0426 e. The lowest BCUT2D eigenvalue weighted by Gasteiger charge is -2.43. The van der Waals surface area contributed by atoms with Gasteiger partial charge in [0.2, 0.25) is 0 Å². The van der Waals surface area contributed by atoms with Crippen LogP contribution in [-0.2, 0) is 0 Å². The van der Waals surface area contributed by atoms with Crippen molar-refractivity contribution in [2.24, 2.45) is 16.7 Å². The SMILES string of the molecule is CC12CCC(C1)C(C)(C)C2Nc1cccc(Cl)c1. The van der Waals surface area contributed by atoms with Gasteiger partial charge < -0.3 is 5.32 Å². The summed E-state index contributed by atoms with van der Waals surface area (Å²) in [5.41, 5.74) is 2.00. The maximum absolute atomic E-state index is 6.08. The molecule has 2 fully saturated rings. The normalized spacial score (nSPS) is 36.9. The number of rotatable bonds is 2. The van der Waals surface area contributed by atoms with Crippen molar-refractivity contribution in [3.63, 3.8) is 0 Å². The van der Waals surface area contributed by atoms with Crippen LogP contribution in [0.2, 0.25) is 5.02 Å². The molecule has 0 heterocycles. The molecule has 3 atom stereocenters. The van der Waals surface area contributed by atoms with Gasteiger partial charge in [-0.3, -0.25) is 0 Å². The van der Waals surface area contributed by atoms with Crippen LogP contribution in [0.1, 0.15) is 40.0 Å². The van der Waals surface area contributed by atoms with E-state index < -0.39 is 0 Å². The highest BCUT2D eigenvalue weighted by Crippen LogP contribution is 2.63. The largest absolute Gasteiger partial charge is 0.381 e. The van der Waals surface area contributed by atoms with E-state index in [2.05, 4.69) is 32.2 Å². The molecule has 2 saturated carbocycles. The molecule has 0 aromatic heterocycles. The third kappa shape index (κ3) is 1.75. The highest BCUT2D eigenvalue weighted by Gasteiger charge is 2.59. The van der Waals surface area contributed by atoms with Gasteiger partial charge in [0.1, 0.15) is 0 Å². The molecular weight excluding hydrogens is 242 g/mol. The summed E-state index contributed by atoms with van der Waals surface area (Å²) in [5, 5.41) is 4.57. The highest BCUT2D eigenvalue weighted by molar-refractivity contribution is 6.30. The molecule has 0 spiro atoms. The Balaban J connectivity index is 1.88. The maximum atomic E-state index is 6.08. The lowest BCUT2D eigenvalue weighted by Crippen LogP contribution is -2.45. The van der Waals surface area contributed by atoms with Gasteiger partial charge in [-0.1, -0.05) is 38.4 Å². The van der Waals surface area contributed by atoms with Crippen molar-refractivity contribution in [1.82, 2.24) is 0 Å².